The van der Waals surface area contributed by atoms with Gasteiger partial charge in [-0.1, -0.05) is 12.1 Å². The number of amidine groups is 1. The monoisotopic (exact) mass is 611 g/mol. The van der Waals surface area contributed by atoms with Crippen LogP contribution in [0.3, 0.4) is 0 Å². The molecule has 3 aliphatic heterocycles. The van der Waals surface area contributed by atoms with Gasteiger partial charge in [0.15, 0.2) is 0 Å². The fourth-order valence-corrected chi connectivity index (χ4v) is 7.13. The van der Waals surface area contributed by atoms with Crippen LogP contribution in [0.4, 0.5) is 13.2 Å². The molecule has 0 unspecified atom stereocenters. The second-order valence-electron chi connectivity index (χ2n) is 12.7. The number of fused-ring (bicyclic) bond motifs is 1. The van der Waals surface area contributed by atoms with Crippen molar-refractivity contribution >= 4 is 17.7 Å². The molecule has 3 N–H and O–H groups in total. The Labute approximate surface area is 254 Å². The Bertz CT molecular complexity index is 1580. The Hall–Kier alpha value is -3.48. The van der Waals surface area contributed by atoms with Crippen molar-refractivity contribution in [3.05, 3.63) is 69.9 Å². The standard InChI is InChI=1S/C32H40F3N7O2/c1-39(21-36)29(37)15-31(19-44-20-31)25-3-2-4-26(14-25)41-18-28-27(32(33,34)35)13-22(17-42(28)30(41)43)16-40-11-7-24(8-12-40)23-5-9-38-10-6-23/h2-4,13-14,17-18,21,23-24,36-38H,5-12,15-16,19-20H2,1H3. The van der Waals surface area contributed by atoms with E-state index in [0.29, 0.717) is 43.3 Å². The molecule has 0 atom stereocenters. The van der Waals surface area contributed by atoms with Crippen molar-refractivity contribution in [2.45, 2.75) is 50.2 Å². The molecule has 9 nitrogen and oxygen atoms in total. The molecule has 0 saturated carbocycles. The van der Waals surface area contributed by atoms with Crippen molar-refractivity contribution in [3.8, 4) is 5.69 Å². The van der Waals surface area contributed by atoms with Gasteiger partial charge in [0, 0.05) is 37.8 Å². The lowest BCUT2D eigenvalue weighted by atomic mass is 9.75. The predicted octanol–water partition coefficient (Wildman–Crippen LogP) is 4.49. The van der Waals surface area contributed by atoms with Crippen molar-refractivity contribution in [3.63, 3.8) is 0 Å². The van der Waals surface area contributed by atoms with Gasteiger partial charge in [-0.2, -0.15) is 13.2 Å². The van der Waals surface area contributed by atoms with Crippen LogP contribution in [0.25, 0.3) is 11.2 Å². The smallest absolute Gasteiger partial charge is 0.379 e. The summed E-state index contributed by atoms with van der Waals surface area (Å²) in [6.45, 7) is 4.91. The summed E-state index contributed by atoms with van der Waals surface area (Å²) in [5.74, 6) is 1.64. The molecule has 3 aliphatic rings. The molecule has 3 fully saturated rings. The molecular formula is C32H40F3N7O2. The average Bonchev–Trinajstić information content (AvgIpc) is 3.34. The highest BCUT2D eigenvalue weighted by Gasteiger charge is 2.42. The predicted molar refractivity (Wildman–Crippen MR) is 163 cm³/mol. The van der Waals surface area contributed by atoms with Gasteiger partial charge in [0.25, 0.3) is 0 Å². The molecule has 1 aromatic carbocycles. The summed E-state index contributed by atoms with van der Waals surface area (Å²) in [6.07, 6.45) is 4.09. The second-order valence-corrected chi connectivity index (χ2v) is 12.7. The van der Waals surface area contributed by atoms with E-state index in [1.165, 1.54) is 34.6 Å². The minimum absolute atomic E-state index is 0.183. The summed E-state index contributed by atoms with van der Waals surface area (Å²) in [6, 6.07) is 8.35. The number of alkyl halides is 3. The zero-order chi connectivity index (χ0) is 31.1. The summed E-state index contributed by atoms with van der Waals surface area (Å²) >= 11 is 0. The average molecular weight is 612 g/mol. The van der Waals surface area contributed by atoms with E-state index >= 15 is 0 Å². The van der Waals surface area contributed by atoms with E-state index in [-0.39, 0.29) is 11.4 Å². The molecule has 0 radical (unpaired) electrons. The van der Waals surface area contributed by atoms with Crippen molar-refractivity contribution in [2.75, 3.05) is 46.4 Å². The summed E-state index contributed by atoms with van der Waals surface area (Å²) in [4.78, 5) is 17.3. The Morgan fingerprint density at radius 3 is 2.45 bits per heavy atom. The third kappa shape index (κ3) is 5.94. The first kappa shape index (κ1) is 30.5. The van der Waals surface area contributed by atoms with Gasteiger partial charge in [-0.25, -0.2) is 4.79 Å². The number of imidazole rings is 1. The first-order chi connectivity index (χ1) is 21.1. The maximum atomic E-state index is 14.4. The fraction of sp³-hybridized carbons (Fsp3) is 0.531. The van der Waals surface area contributed by atoms with Crippen LogP contribution in [0.15, 0.2) is 47.5 Å². The van der Waals surface area contributed by atoms with Crippen LogP contribution in [-0.2, 0) is 22.9 Å². The number of rotatable bonds is 8. The lowest BCUT2D eigenvalue weighted by Crippen LogP contribution is -2.49. The van der Waals surface area contributed by atoms with E-state index in [1.54, 1.807) is 31.4 Å². The Balaban J connectivity index is 1.28. The van der Waals surface area contributed by atoms with E-state index in [9.17, 15) is 18.0 Å². The zero-order valence-corrected chi connectivity index (χ0v) is 25.0. The minimum atomic E-state index is -4.63. The summed E-state index contributed by atoms with van der Waals surface area (Å²) in [5.41, 5.74) is -0.336. The van der Waals surface area contributed by atoms with E-state index in [1.807, 2.05) is 6.07 Å². The summed E-state index contributed by atoms with van der Waals surface area (Å²) < 4.78 is 51.0. The molecule has 0 bridgehead atoms. The highest BCUT2D eigenvalue weighted by molar-refractivity contribution is 5.89. The number of ether oxygens (including phenoxy) is 1. The van der Waals surface area contributed by atoms with Gasteiger partial charge in [0.2, 0.25) is 0 Å². The maximum Gasteiger partial charge on any atom is 0.418 e. The number of hydrogen-bond acceptors (Lipinski definition) is 6. The first-order valence-corrected chi connectivity index (χ1v) is 15.3. The van der Waals surface area contributed by atoms with Crippen LogP contribution >= 0.6 is 0 Å². The highest BCUT2D eigenvalue weighted by atomic mass is 19.4. The van der Waals surface area contributed by atoms with E-state index in [2.05, 4.69) is 10.2 Å². The molecule has 5 heterocycles. The van der Waals surface area contributed by atoms with E-state index in [0.717, 1.165) is 61.2 Å². The molecule has 236 valence electrons. The molecule has 3 saturated heterocycles. The molecule has 2 aromatic heterocycles. The number of likely N-dealkylation sites (tertiary alicyclic amines) is 1. The molecule has 0 spiro atoms. The number of pyridine rings is 1. The van der Waals surface area contributed by atoms with Gasteiger partial charge in [-0.05, 0) is 93.0 Å². The summed E-state index contributed by atoms with van der Waals surface area (Å²) in [7, 11) is 1.63. The molecule has 6 rings (SSSR count). The second kappa shape index (κ2) is 12.1. The lowest BCUT2D eigenvalue weighted by molar-refractivity contribution is -0.136. The minimum Gasteiger partial charge on any atom is -0.379 e. The van der Waals surface area contributed by atoms with Crippen LogP contribution in [0.1, 0.15) is 48.8 Å². The highest BCUT2D eigenvalue weighted by Crippen LogP contribution is 2.38. The van der Waals surface area contributed by atoms with Gasteiger partial charge in [0.05, 0.1) is 36.3 Å². The number of hydrogen-bond donors (Lipinski definition) is 3. The topological polar surface area (TPSA) is 102 Å². The van der Waals surface area contributed by atoms with Gasteiger partial charge in [-0.15, -0.1) is 0 Å². The number of nitrogens with one attached hydrogen (secondary N) is 3. The van der Waals surface area contributed by atoms with Crippen LogP contribution < -0.4 is 11.0 Å². The van der Waals surface area contributed by atoms with E-state index < -0.39 is 22.8 Å². The molecule has 0 amide bonds. The Morgan fingerprint density at radius 2 is 1.82 bits per heavy atom. The molecule has 0 aliphatic carbocycles. The van der Waals surface area contributed by atoms with Gasteiger partial charge in [0.1, 0.15) is 5.84 Å². The molecule has 12 heteroatoms. The number of benzene rings is 1. The number of piperidine rings is 2. The van der Waals surface area contributed by atoms with Crippen LogP contribution in [0.2, 0.25) is 0 Å². The van der Waals surface area contributed by atoms with Crippen molar-refractivity contribution in [2.24, 2.45) is 11.8 Å². The Morgan fingerprint density at radius 1 is 1.11 bits per heavy atom. The normalized spacial score (nSPS) is 20.0. The molecular weight excluding hydrogens is 571 g/mol. The number of halogens is 3. The third-order valence-corrected chi connectivity index (χ3v) is 9.84. The van der Waals surface area contributed by atoms with Crippen LogP contribution in [0, 0.1) is 22.7 Å². The van der Waals surface area contributed by atoms with Crippen molar-refractivity contribution in [1.82, 2.24) is 24.1 Å². The summed E-state index contributed by atoms with van der Waals surface area (Å²) in [5, 5.41) is 19.2. The molecule has 3 aromatic rings. The van der Waals surface area contributed by atoms with Crippen molar-refractivity contribution < 1.29 is 17.9 Å². The zero-order valence-electron chi connectivity index (χ0n) is 25.0. The quantitative estimate of drug-likeness (QED) is 0.257. The largest absolute Gasteiger partial charge is 0.418 e. The Kier molecular flexibility index (Phi) is 8.42. The van der Waals surface area contributed by atoms with Crippen LogP contribution in [0.5, 0.6) is 0 Å². The number of aromatic nitrogens is 2. The first-order valence-electron chi connectivity index (χ1n) is 15.3. The molecule has 44 heavy (non-hydrogen) atoms. The SMILES string of the molecule is CN(C=N)C(=N)CC1(c2cccc(-n3cc4c(C(F)(F)F)cc(CN5CCC(C6CCNCC6)CC5)cn4c3=O)c2)COC1. The lowest BCUT2D eigenvalue weighted by Gasteiger charge is -2.42. The van der Waals surface area contributed by atoms with Gasteiger partial charge in [-0.3, -0.25) is 24.7 Å². The van der Waals surface area contributed by atoms with E-state index in [4.69, 9.17) is 15.6 Å². The van der Waals surface area contributed by atoms with Gasteiger partial charge >= 0.3 is 11.9 Å². The maximum absolute atomic E-state index is 14.4. The number of nitrogens with zero attached hydrogens (tertiary/aromatic N) is 4. The van der Waals surface area contributed by atoms with Crippen molar-refractivity contribution in [1.29, 1.82) is 10.8 Å². The van der Waals surface area contributed by atoms with Crippen LogP contribution in [-0.4, -0.2) is 77.4 Å². The third-order valence-electron chi connectivity index (χ3n) is 9.84. The van der Waals surface area contributed by atoms with Gasteiger partial charge < -0.3 is 15.0 Å². The fourth-order valence-electron chi connectivity index (χ4n) is 7.13.